The molecule has 1 amide bonds. The lowest BCUT2D eigenvalue weighted by Gasteiger charge is -2.41. The molecule has 0 bridgehead atoms. The molecule has 12 nitrogen and oxygen atoms in total. The Balaban J connectivity index is 1.60. The van der Waals surface area contributed by atoms with Crippen LogP contribution in [0.25, 0.3) is 0 Å². The predicted octanol–water partition coefficient (Wildman–Crippen LogP) is 1.96. The molecule has 5 atom stereocenters. The molecule has 44 heavy (non-hydrogen) atoms. The van der Waals surface area contributed by atoms with Gasteiger partial charge in [0.2, 0.25) is 5.78 Å². The fraction of sp³-hybridized carbons (Fsp3) is 0.414. The number of carbonyl (C=O) groups is 5. The zero-order chi connectivity index (χ0) is 32.5. The van der Waals surface area contributed by atoms with Crippen molar-refractivity contribution in [3.05, 3.63) is 51.6 Å². The highest BCUT2D eigenvalue weighted by atomic mass is 19.4. The summed E-state index contributed by atoms with van der Waals surface area (Å²) in [6.07, 6.45) is -11.6. The van der Waals surface area contributed by atoms with E-state index in [1.54, 1.807) is 5.32 Å². The van der Waals surface area contributed by atoms with Crippen molar-refractivity contribution < 1.29 is 66.7 Å². The number of benzene rings is 2. The van der Waals surface area contributed by atoms with Gasteiger partial charge < -0.3 is 34.8 Å². The molecule has 3 aliphatic rings. The van der Waals surface area contributed by atoms with E-state index in [9.17, 15) is 52.5 Å². The Kier molecular flexibility index (Phi) is 7.55. The van der Waals surface area contributed by atoms with Gasteiger partial charge in [0.15, 0.2) is 23.6 Å². The number of nitrogens with one attached hydrogen (secondary N) is 1. The number of alkyl halides is 3. The van der Waals surface area contributed by atoms with Gasteiger partial charge in [0.05, 0.1) is 35.9 Å². The van der Waals surface area contributed by atoms with Gasteiger partial charge in [-0.15, -0.1) is 0 Å². The highest BCUT2D eigenvalue weighted by Crippen LogP contribution is 2.52. The normalized spacial score (nSPS) is 26.4. The molecular weight excluding hydrogens is 595 g/mol. The number of Topliss-reactive ketones (excluding diaryl/α,β-unsaturated/α-hetero) is 2. The lowest BCUT2D eigenvalue weighted by molar-refractivity contribution is -0.224. The van der Waals surface area contributed by atoms with Crippen molar-refractivity contribution in [2.24, 2.45) is 0 Å². The van der Waals surface area contributed by atoms with E-state index in [1.807, 2.05) is 0 Å². The maximum Gasteiger partial charge on any atom is 0.471 e. The maximum atomic E-state index is 13.7. The molecule has 1 fully saturated rings. The van der Waals surface area contributed by atoms with Gasteiger partial charge in [-0.25, -0.2) is 0 Å². The molecule has 4 N–H and O–H groups in total. The number of hydrogen-bond donors (Lipinski definition) is 4. The van der Waals surface area contributed by atoms with E-state index in [2.05, 4.69) is 0 Å². The van der Waals surface area contributed by atoms with Crippen molar-refractivity contribution in [3.63, 3.8) is 0 Å². The molecule has 0 saturated carbocycles. The average Bonchev–Trinajstić information content (AvgIpc) is 2.94. The monoisotopic (exact) mass is 621 g/mol. The second-order valence-electron chi connectivity index (χ2n) is 10.8. The number of hydrogen-bond acceptors (Lipinski definition) is 11. The molecule has 2 aromatic rings. The summed E-state index contributed by atoms with van der Waals surface area (Å²) in [5.41, 5.74) is -4.25. The van der Waals surface area contributed by atoms with Crippen molar-refractivity contribution in [3.8, 4) is 17.2 Å². The molecule has 1 saturated heterocycles. The summed E-state index contributed by atoms with van der Waals surface area (Å²) >= 11 is 0. The zero-order valence-electron chi connectivity index (χ0n) is 23.4. The number of carbonyl (C=O) groups excluding carboxylic acids is 5. The van der Waals surface area contributed by atoms with Crippen LogP contribution < -0.4 is 10.1 Å². The van der Waals surface area contributed by atoms with Crippen LogP contribution in [0.1, 0.15) is 75.8 Å². The summed E-state index contributed by atoms with van der Waals surface area (Å²) < 4.78 is 55.3. The molecule has 0 aromatic heterocycles. The molecule has 5 rings (SSSR count). The molecule has 0 unspecified atom stereocenters. The number of fused-ring (bicyclic) bond motifs is 3. The topological polar surface area (TPSA) is 186 Å². The third kappa shape index (κ3) is 4.90. The second kappa shape index (κ2) is 10.7. The van der Waals surface area contributed by atoms with Crippen LogP contribution in [0.15, 0.2) is 18.2 Å². The molecule has 1 heterocycles. The average molecular weight is 622 g/mol. The smallest absolute Gasteiger partial charge is 0.471 e. The lowest BCUT2D eigenvalue weighted by atomic mass is 9.72. The summed E-state index contributed by atoms with van der Waals surface area (Å²) in [5.74, 6) is -7.33. The number of aromatic hydroxyl groups is 2. The number of ketones is 4. The van der Waals surface area contributed by atoms with Gasteiger partial charge in [-0.2, -0.15) is 13.2 Å². The minimum atomic E-state index is -5.29. The zero-order valence-corrected chi connectivity index (χ0v) is 23.4. The number of phenolic OH excluding ortho intramolecular Hbond substituents is 2. The summed E-state index contributed by atoms with van der Waals surface area (Å²) in [7, 11) is 1.26. The second-order valence-corrected chi connectivity index (χ2v) is 10.8. The molecule has 2 aromatic carbocycles. The fourth-order valence-corrected chi connectivity index (χ4v) is 5.89. The van der Waals surface area contributed by atoms with E-state index in [0.29, 0.717) is 0 Å². The van der Waals surface area contributed by atoms with Gasteiger partial charge in [-0.3, -0.25) is 24.0 Å². The molecule has 0 radical (unpaired) electrons. The Morgan fingerprint density at radius 3 is 2.34 bits per heavy atom. The van der Waals surface area contributed by atoms with E-state index < -0.39 is 107 Å². The SMILES string of the molecule is COc1cccc2c1C(=O)c1c(O)c3c(c(O)c1C2=O)C[C@@](O)(C(C)=O)C[C@@H]3O[C@H]1C[C@@H](NC(=O)C(F)(F)F)C(=O)[C@H](C)O1. The minimum Gasteiger partial charge on any atom is -0.507 e. The van der Waals surface area contributed by atoms with Crippen LogP contribution in [-0.2, 0) is 30.3 Å². The van der Waals surface area contributed by atoms with Gasteiger partial charge >= 0.3 is 12.1 Å². The third-order valence-corrected chi connectivity index (χ3v) is 8.14. The van der Waals surface area contributed by atoms with Gasteiger partial charge in [-0.05, 0) is 19.9 Å². The van der Waals surface area contributed by atoms with Crippen molar-refractivity contribution in [2.75, 3.05) is 7.11 Å². The standard InChI is InChI=1S/C29H26F3NO11/c1-10-22(35)14(33-27(40)29(30,31)32)7-17(43-10)44-16-9-28(41,11(2)34)8-13-19(16)26(39)21-20(24(13)37)23(36)12-5-4-6-15(42-3)18(12)25(21)38/h4-6,10,14,16-17,37,39,41H,7-9H2,1-3H3,(H,33,40)/t10-,14+,16-,17-,28-/m0/s1. The number of aliphatic hydroxyl groups is 1. The number of rotatable bonds is 5. The quantitative estimate of drug-likeness (QED) is 0.305. The number of ether oxygens (including phenoxy) is 3. The first kappa shape index (κ1) is 31.1. The van der Waals surface area contributed by atoms with Crippen LogP contribution in [0.5, 0.6) is 17.2 Å². The van der Waals surface area contributed by atoms with Crippen LogP contribution in [0.2, 0.25) is 0 Å². The summed E-state index contributed by atoms with van der Waals surface area (Å²) in [4.78, 5) is 63.8. The molecular formula is C29H26F3NO11. The van der Waals surface area contributed by atoms with Crippen LogP contribution in [0.3, 0.4) is 0 Å². The van der Waals surface area contributed by atoms with Gasteiger partial charge in [0, 0.05) is 36.0 Å². The van der Waals surface area contributed by atoms with E-state index in [-0.39, 0.29) is 28.0 Å². The lowest BCUT2D eigenvalue weighted by Crippen LogP contribution is -2.55. The number of phenols is 2. The summed E-state index contributed by atoms with van der Waals surface area (Å²) in [6.45, 7) is 2.26. The van der Waals surface area contributed by atoms with Crippen LogP contribution in [-0.4, -0.2) is 81.7 Å². The van der Waals surface area contributed by atoms with Gasteiger partial charge in [-0.1, -0.05) is 12.1 Å². The van der Waals surface area contributed by atoms with E-state index >= 15 is 0 Å². The Hall–Kier alpha value is -4.34. The Morgan fingerprint density at radius 1 is 1.07 bits per heavy atom. The van der Waals surface area contributed by atoms with Crippen molar-refractivity contribution in [1.29, 1.82) is 0 Å². The first-order valence-corrected chi connectivity index (χ1v) is 13.3. The first-order valence-electron chi connectivity index (χ1n) is 13.3. The van der Waals surface area contributed by atoms with Crippen LogP contribution in [0.4, 0.5) is 13.2 Å². The Morgan fingerprint density at radius 2 is 1.73 bits per heavy atom. The van der Waals surface area contributed by atoms with Crippen LogP contribution in [0, 0.1) is 0 Å². The number of methoxy groups -OCH3 is 1. The third-order valence-electron chi connectivity index (χ3n) is 8.14. The van der Waals surface area contributed by atoms with Gasteiger partial charge in [0.1, 0.15) is 29.0 Å². The number of halogens is 3. The van der Waals surface area contributed by atoms with Crippen molar-refractivity contribution >= 4 is 29.0 Å². The Labute approximate surface area is 246 Å². The van der Waals surface area contributed by atoms with Crippen molar-refractivity contribution in [2.45, 2.75) is 69.4 Å². The highest BCUT2D eigenvalue weighted by molar-refractivity contribution is 6.31. The number of amides is 1. The van der Waals surface area contributed by atoms with E-state index in [0.717, 1.165) is 6.92 Å². The largest absolute Gasteiger partial charge is 0.507 e. The van der Waals surface area contributed by atoms with Crippen LogP contribution >= 0.6 is 0 Å². The molecule has 1 aliphatic heterocycles. The first-order chi connectivity index (χ1) is 20.5. The predicted molar refractivity (Wildman–Crippen MR) is 139 cm³/mol. The van der Waals surface area contributed by atoms with Crippen molar-refractivity contribution in [1.82, 2.24) is 5.32 Å². The maximum absolute atomic E-state index is 13.7. The summed E-state index contributed by atoms with van der Waals surface area (Å²) in [5, 5.41) is 35.7. The van der Waals surface area contributed by atoms with E-state index in [1.165, 1.54) is 32.2 Å². The van der Waals surface area contributed by atoms with Gasteiger partial charge in [0.25, 0.3) is 0 Å². The minimum absolute atomic E-state index is 0.0167. The molecule has 0 spiro atoms. The Bertz CT molecular complexity index is 1640. The molecule has 15 heteroatoms. The molecule has 234 valence electrons. The molecule has 2 aliphatic carbocycles. The summed E-state index contributed by atoms with van der Waals surface area (Å²) in [6, 6.07) is 2.49. The van der Waals surface area contributed by atoms with E-state index in [4.69, 9.17) is 14.2 Å². The highest BCUT2D eigenvalue weighted by Gasteiger charge is 2.50. The fourth-order valence-electron chi connectivity index (χ4n) is 5.89.